The molecule has 18 heavy (non-hydrogen) atoms. The molecule has 0 bridgehead atoms. The summed E-state index contributed by atoms with van der Waals surface area (Å²) in [7, 11) is 1.74. The number of ether oxygens (including phenoxy) is 1. The molecular formula is C14H22ClNOS. The number of methoxy groups -OCH3 is 1. The third-order valence-electron chi connectivity index (χ3n) is 2.62. The summed E-state index contributed by atoms with van der Waals surface area (Å²) < 4.78 is 5.01. The van der Waals surface area contributed by atoms with Crippen LogP contribution in [0, 0.1) is 0 Å². The molecule has 2 nitrogen and oxygen atoms in total. The van der Waals surface area contributed by atoms with E-state index in [1.165, 1.54) is 5.56 Å². The van der Waals surface area contributed by atoms with Crippen molar-refractivity contribution in [1.82, 2.24) is 5.32 Å². The zero-order valence-electron chi connectivity index (χ0n) is 11.1. The fraction of sp³-hybridized carbons (Fsp3) is 0.571. The van der Waals surface area contributed by atoms with Crippen molar-refractivity contribution < 1.29 is 4.74 Å². The highest BCUT2D eigenvalue weighted by Crippen LogP contribution is 2.23. The zero-order valence-corrected chi connectivity index (χ0v) is 12.7. The van der Waals surface area contributed by atoms with Crippen LogP contribution in [0.25, 0.3) is 0 Å². The molecule has 4 heteroatoms. The second kappa shape index (κ2) is 9.68. The van der Waals surface area contributed by atoms with Gasteiger partial charge in [0.15, 0.2) is 0 Å². The van der Waals surface area contributed by atoms with Gasteiger partial charge in [-0.25, -0.2) is 0 Å². The number of hydrogen-bond donors (Lipinski definition) is 1. The highest BCUT2D eigenvalue weighted by Gasteiger charge is 2.04. The Balaban J connectivity index is 2.13. The summed E-state index contributed by atoms with van der Waals surface area (Å²) >= 11 is 8.06. The molecule has 0 aromatic heterocycles. The van der Waals surface area contributed by atoms with Crippen molar-refractivity contribution in [2.75, 3.05) is 26.8 Å². The van der Waals surface area contributed by atoms with Crippen molar-refractivity contribution in [1.29, 1.82) is 0 Å². The molecule has 1 rings (SSSR count). The first-order valence-electron chi connectivity index (χ1n) is 6.28. The minimum atomic E-state index is 0.587. The van der Waals surface area contributed by atoms with E-state index in [9.17, 15) is 0 Å². The molecule has 1 aromatic rings. The Morgan fingerprint density at radius 1 is 1.39 bits per heavy atom. The molecule has 102 valence electrons. The van der Waals surface area contributed by atoms with Gasteiger partial charge in [0, 0.05) is 36.3 Å². The Morgan fingerprint density at radius 3 is 2.89 bits per heavy atom. The molecule has 0 aliphatic rings. The van der Waals surface area contributed by atoms with Gasteiger partial charge in [0.25, 0.3) is 0 Å². The molecule has 1 atom stereocenters. The third kappa shape index (κ3) is 6.64. The quantitative estimate of drug-likeness (QED) is 0.702. The number of nitrogens with one attached hydrogen (secondary N) is 1. The van der Waals surface area contributed by atoms with Gasteiger partial charge in [-0.05, 0) is 24.6 Å². The lowest BCUT2D eigenvalue weighted by molar-refractivity contribution is 0.194. The summed E-state index contributed by atoms with van der Waals surface area (Å²) in [6.07, 6.45) is 1.07. The maximum atomic E-state index is 6.13. The second-order valence-electron chi connectivity index (χ2n) is 4.26. The van der Waals surface area contributed by atoms with Crippen molar-refractivity contribution in [3.05, 3.63) is 34.9 Å². The lowest BCUT2D eigenvalue weighted by Gasteiger charge is -2.13. The van der Waals surface area contributed by atoms with Crippen LogP contribution in [0.4, 0.5) is 0 Å². The third-order valence-corrected chi connectivity index (χ3v) is 4.20. The van der Waals surface area contributed by atoms with Crippen molar-refractivity contribution in [3.8, 4) is 0 Å². The SMILES string of the molecule is COCCCNCC(C)SCc1ccccc1Cl. The van der Waals surface area contributed by atoms with Gasteiger partial charge in [-0.15, -0.1) is 0 Å². The maximum Gasteiger partial charge on any atom is 0.0474 e. The molecular weight excluding hydrogens is 266 g/mol. The molecule has 1 unspecified atom stereocenters. The van der Waals surface area contributed by atoms with Crippen LogP contribution in [0.15, 0.2) is 24.3 Å². The number of hydrogen-bond acceptors (Lipinski definition) is 3. The van der Waals surface area contributed by atoms with E-state index in [4.69, 9.17) is 16.3 Å². The van der Waals surface area contributed by atoms with Gasteiger partial charge in [0.2, 0.25) is 0 Å². The van der Waals surface area contributed by atoms with Crippen LogP contribution in [-0.4, -0.2) is 32.1 Å². The average molecular weight is 288 g/mol. The van der Waals surface area contributed by atoms with E-state index in [0.717, 1.165) is 36.9 Å². The molecule has 0 saturated carbocycles. The predicted molar refractivity (Wildman–Crippen MR) is 81.6 cm³/mol. The molecule has 0 saturated heterocycles. The highest BCUT2D eigenvalue weighted by atomic mass is 35.5. The highest BCUT2D eigenvalue weighted by molar-refractivity contribution is 7.99. The first kappa shape index (κ1) is 15.8. The Morgan fingerprint density at radius 2 is 2.17 bits per heavy atom. The molecule has 1 aromatic carbocycles. The molecule has 0 spiro atoms. The van der Waals surface area contributed by atoms with Gasteiger partial charge in [0.05, 0.1) is 0 Å². The first-order valence-corrected chi connectivity index (χ1v) is 7.71. The van der Waals surface area contributed by atoms with Crippen LogP contribution in [0.1, 0.15) is 18.9 Å². The fourth-order valence-corrected chi connectivity index (χ4v) is 2.79. The minimum Gasteiger partial charge on any atom is -0.385 e. The van der Waals surface area contributed by atoms with Gasteiger partial charge in [-0.1, -0.05) is 36.7 Å². The second-order valence-corrected chi connectivity index (χ2v) is 6.10. The molecule has 0 radical (unpaired) electrons. The Hall–Kier alpha value is -0.220. The predicted octanol–water partition coefficient (Wildman–Crippen LogP) is 3.59. The summed E-state index contributed by atoms with van der Waals surface area (Å²) in [6, 6.07) is 8.05. The van der Waals surface area contributed by atoms with E-state index >= 15 is 0 Å². The first-order chi connectivity index (χ1) is 8.74. The molecule has 0 fully saturated rings. The lowest BCUT2D eigenvalue weighted by Crippen LogP contribution is -2.24. The lowest BCUT2D eigenvalue weighted by atomic mass is 10.2. The number of rotatable bonds is 9. The van der Waals surface area contributed by atoms with E-state index in [2.05, 4.69) is 18.3 Å². The van der Waals surface area contributed by atoms with E-state index in [1.807, 2.05) is 30.0 Å². The van der Waals surface area contributed by atoms with Crippen LogP contribution >= 0.6 is 23.4 Å². The smallest absolute Gasteiger partial charge is 0.0474 e. The number of benzene rings is 1. The van der Waals surface area contributed by atoms with Crippen molar-refractivity contribution in [2.45, 2.75) is 24.3 Å². The average Bonchev–Trinajstić information content (AvgIpc) is 2.37. The van der Waals surface area contributed by atoms with Crippen LogP contribution < -0.4 is 5.32 Å². The molecule has 0 amide bonds. The van der Waals surface area contributed by atoms with Crippen LogP contribution in [0.3, 0.4) is 0 Å². The van der Waals surface area contributed by atoms with Crippen LogP contribution in [0.5, 0.6) is 0 Å². The monoisotopic (exact) mass is 287 g/mol. The van der Waals surface area contributed by atoms with Gasteiger partial charge >= 0.3 is 0 Å². The summed E-state index contributed by atoms with van der Waals surface area (Å²) in [5, 5.41) is 4.89. The normalized spacial score (nSPS) is 12.6. The summed E-state index contributed by atoms with van der Waals surface area (Å²) in [6.45, 7) is 5.11. The van der Waals surface area contributed by atoms with Gasteiger partial charge in [-0.2, -0.15) is 11.8 Å². The van der Waals surface area contributed by atoms with Crippen molar-refractivity contribution in [2.24, 2.45) is 0 Å². The van der Waals surface area contributed by atoms with E-state index in [-0.39, 0.29) is 0 Å². The molecule has 0 heterocycles. The van der Waals surface area contributed by atoms with E-state index in [1.54, 1.807) is 7.11 Å². The number of thioether (sulfide) groups is 1. The minimum absolute atomic E-state index is 0.587. The fourth-order valence-electron chi connectivity index (χ4n) is 1.55. The number of halogens is 1. The molecule has 0 aliphatic carbocycles. The zero-order chi connectivity index (χ0) is 13.2. The summed E-state index contributed by atoms with van der Waals surface area (Å²) in [5.74, 6) is 0.973. The Labute approximate surface area is 119 Å². The topological polar surface area (TPSA) is 21.3 Å². The standard InChI is InChI=1S/C14H22ClNOS/c1-12(10-16-8-5-9-17-2)18-11-13-6-3-4-7-14(13)15/h3-4,6-7,12,16H,5,8-11H2,1-2H3. The van der Waals surface area contributed by atoms with Gasteiger partial charge < -0.3 is 10.1 Å². The van der Waals surface area contributed by atoms with Gasteiger partial charge in [0.1, 0.15) is 0 Å². The van der Waals surface area contributed by atoms with Crippen LogP contribution in [-0.2, 0) is 10.5 Å². The molecule has 1 N–H and O–H groups in total. The summed E-state index contributed by atoms with van der Waals surface area (Å²) in [5.41, 5.74) is 1.22. The van der Waals surface area contributed by atoms with E-state index in [0.29, 0.717) is 5.25 Å². The van der Waals surface area contributed by atoms with E-state index < -0.39 is 0 Å². The maximum absolute atomic E-state index is 6.13. The van der Waals surface area contributed by atoms with Crippen molar-refractivity contribution >= 4 is 23.4 Å². The Kier molecular flexibility index (Phi) is 8.51. The van der Waals surface area contributed by atoms with Gasteiger partial charge in [-0.3, -0.25) is 0 Å². The summed E-state index contributed by atoms with van der Waals surface area (Å²) in [4.78, 5) is 0. The largest absolute Gasteiger partial charge is 0.385 e. The molecule has 0 aliphatic heterocycles. The van der Waals surface area contributed by atoms with Crippen LogP contribution in [0.2, 0.25) is 5.02 Å². The Bertz CT molecular complexity index is 335. The van der Waals surface area contributed by atoms with Crippen molar-refractivity contribution in [3.63, 3.8) is 0 Å².